The Morgan fingerprint density at radius 2 is 1.04 bits per heavy atom. The first kappa shape index (κ1) is 18.5. The molecule has 0 heterocycles. The monoisotopic (exact) mass is 388 g/mol. The van der Waals surface area contributed by atoms with Crippen LogP contribution in [-0.2, 0) is 29.4 Å². The molecular formula is C26H28Ti. The van der Waals surface area contributed by atoms with E-state index in [1.807, 2.05) is 0 Å². The van der Waals surface area contributed by atoms with Crippen LogP contribution in [0.5, 0.6) is 0 Å². The number of allylic oxidation sites excluding steroid dienone is 8. The van der Waals surface area contributed by atoms with Crippen molar-refractivity contribution in [3.05, 3.63) is 104 Å². The fraction of sp³-hybridized carbons (Fsp3) is 0.231. The average Bonchev–Trinajstić information content (AvgIpc) is 3.45. The van der Waals surface area contributed by atoms with Crippen molar-refractivity contribution in [3.8, 4) is 0 Å². The summed E-state index contributed by atoms with van der Waals surface area (Å²) in [5, 5.41) is 0. The van der Waals surface area contributed by atoms with Crippen molar-refractivity contribution in [2.75, 3.05) is 0 Å². The molecule has 0 nitrogen and oxygen atoms in total. The molecule has 0 saturated carbocycles. The summed E-state index contributed by atoms with van der Waals surface area (Å²) in [6, 6.07) is 19.1. The van der Waals surface area contributed by atoms with E-state index < -0.39 is 16.6 Å². The van der Waals surface area contributed by atoms with Gasteiger partial charge in [-0.15, -0.1) is 0 Å². The van der Waals surface area contributed by atoms with Crippen molar-refractivity contribution < 1.29 is 16.6 Å². The molecule has 0 aromatic heterocycles. The molecule has 0 N–H and O–H groups in total. The van der Waals surface area contributed by atoms with Gasteiger partial charge in [-0.3, -0.25) is 0 Å². The summed E-state index contributed by atoms with van der Waals surface area (Å²) in [7, 11) is 0. The molecule has 2 aromatic carbocycles. The van der Waals surface area contributed by atoms with E-state index in [9.17, 15) is 0 Å². The third-order valence-corrected chi connectivity index (χ3v) is 14.0. The molecule has 0 unspecified atom stereocenters. The van der Waals surface area contributed by atoms with Crippen molar-refractivity contribution in [1.29, 1.82) is 0 Å². The van der Waals surface area contributed by atoms with E-state index in [1.165, 1.54) is 11.1 Å². The molecule has 2 aliphatic carbocycles. The molecule has 0 bridgehead atoms. The zero-order valence-corrected chi connectivity index (χ0v) is 18.0. The third kappa shape index (κ3) is 3.26. The molecule has 0 radical (unpaired) electrons. The first-order chi connectivity index (χ1) is 13.3. The van der Waals surface area contributed by atoms with Gasteiger partial charge in [-0.2, -0.15) is 0 Å². The van der Waals surface area contributed by atoms with Gasteiger partial charge in [0.1, 0.15) is 0 Å². The molecule has 0 atom stereocenters. The van der Waals surface area contributed by atoms with E-state index in [2.05, 4.69) is 98.8 Å². The van der Waals surface area contributed by atoms with Crippen LogP contribution >= 0.6 is 0 Å². The second-order valence-corrected chi connectivity index (χ2v) is 13.7. The molecule has 2 aromatic rings. The van der Waals surface area contributed by atoms with Gasteiger partial charge in [-0.05, 0) is 0 Å². The molecule has 136 valence electrons. The van der Waals surface area contributed by atoms with Gasteiger partial charge >= 0.3 is 168 Å². The Morgan fingerprint density at radius 3 is 1.33 bits per heavy atom. The van der Waals surface area contributed by atoms with Gasteiger partial charge in [0.05, 0.1) is 0 Å². The summed E-state index contributed by atoms with van der Waals surface area (Å²) >= 11 is -2.85. The Kier molecular flexibility index (Phi) is 5.48. The molecule has 27 heavy (non-hydrogen) atoms. The number of rotatable bonds is 6. The summed E-state index contributed by atoms with van der Waals surface area (Å²) in [4.78, 5) is 0. The van der Waals surface area contributed by atoms with Gasteiger partial charge in [-0.25, -0.2) is 0 Å². The van der Waals surface area contributed by atoms with E-state index >= 15 is 0 Å². The van der Waals surface area contributed by atoms with Crippen LogP contribution in [0.25, 0.3) is 0 Å². The van der Waals surface area contributed by atoms with Crippen LogP contribution in [0.1, 0.15) is 37.8 Å². The van der Waals surface area contributed by atoms with Gasteiger partial charge in [-0.1, -0.05) is 0 Å². The Labute approximate surface area is 167 Å². The zero-order valence-electron chi connectivity index (χ0n) is 16.4. The number of hydrogen-bond donors (Lipinski definition) is 0. The van der Waals surface area contributed by atoms with E-state index in [4.69, 9.17) is 0 Å². The molecule has 2 aliphatic rings. The van der Waals surface area contributed by atoms with Crippen LogP contribution in [0.3, 0.4) is 0 Å². The van der Waals surface area contributed by atoms with Crippen molar-refractivity contribution >= 4 is 7.74 Å². The molecule has 1 heteroatoms. The maximum absolute atomic E-state index is 2.85. The molecular weight excluding hydrogens is 360 g/mol. The molecule has 0 amide bonds. The summed E-state index contributed by atoms with van der Waals surface area (Å²) in [6.07, 6.45) is 18.4. The quantitative estimate of drug-likeness (QED) is 0.565. The second-order valence-electron chi connectivity index (χ2n) is 7.50. The standard InChI is InChI=1S/2C8H9.2C5H5.Ti/c2*1-2-8-6-4-3-5-7-8;2*1-2-4-5-3-1;/h2*4-7H,2H2,1H3;2*1-3H,4H2;. The fourth-order valence-corrected chi connectivity index (χ4v) is 12.5. The van der Waals surface area contributed by atoms with Gasteiger partial charge < -0.3 is 0 Å². The fourth-order valence-electron chi connectivity index (χ4n) is 4.55. The predicted octanol–water partition coefficient (Wildman–Crippen LogP) is 5.60. The minimum absolute atomic E-state index is 1.10. The van der Waals surface area contributed by atoms with Crippen LogP contribution in [-0.4, -0.2) is 0 Å². The number of hydrogen-bond acceptors (Lipinski definition) is 0. The molecule has 4 rings (SSSR count). The normalized spacial score (nSPS) is 15.9. The van der Waals surface area contributed by atoms with E-state index in [0.29, 0.717) is 0 Å². The van der Waals surface area contributed by atoms with E-state index in [1.54, 1.807) is 15.5 Å². The SMILES string of the molecule is CCc1cc[c]([Ti]([C]2=CC=CC2)([C]2=CC=CC2)[c]2ccc(CC)cc2)cc1. The van der Waals surface area contributed by atoms with Crippen molar-refractivity contribution in [1.82, 2.24) is 0 Å². The zero-order chi connectivity index (χ0) is 18.7. The Morgan fingerprint density at radius 1 is 0.630 bits per heavy atom. The van der Waals surface area contributed by atoms with Gasteiger partial charge in [0.15, 0.2) is 0 Å². The van der Waals surface area contributed by atoms with Crippen LogP contribution in [0.4, 0.5) is 0 Å². The Bertz CT molecular complexity index is 842. The molecule has 0 spiro atoms. The molecule has 0 aliphatic heterocycles. The Balaban J connectivity index is 1.95. The van der Waals surface area contributed by atoms with E-state index in [0.717, 1.165) is 25.7 Å². The maximum atomic E-state index is 2.44. The van der Waals surface area contributed by atoms with E-state index in [-0.39, 0.29) is 0 Å². The number of aryl methyl sites for hydroxylation is 2. The van der Waals surface area contributed by atoms with Crippen molar-refractivity contribution in [2.45, 2.75) is 39.5 Å². The Hall–Kier alpha value is -1.89. The number of benzene rings is 2. The van der Waals surface area contributed by atoms with Gasteiger partial charge in [0.25, 0.3) is 0 Å². The minimum atomic E-state index is -2.85. The van der Waals surface area contributed by atoms with Crippen LogP contribution in [0.2, 0.25) is 0 Å². The first-order valence-electron chi connectivity index (χ1n) is 10.2. The van der Waals surface area contributed by atoms with Gasteiger partial charge in [0, 0.05) is 0 Å². The summed E-state index contributed by atoms with van der Waals surface area (Å²) < 4.78 is 6.47. The average molecular weight is 388 g/mol. The second kappa shape index (κ2) is 8.01. The predicted molar refractivity (Wildman–Crippen MR) is 115 cm³/mol. The summed E-state index contributed by atoms with van der Waals surface area (Å²) in [6.45, 7) is 4.47. The molecule has 0 fully saturated rings. The van der Waals surface area contributed by atoms with Crippen LogP contribution in [0, 0.1) is 0 Å². The van der Waals surface area contributed by atoms with Crippen LogP contribution < -0.4 is 7.74 Å². The van der Waals surface area contributed by atoms with Crippen molar-refractivity contribution in [3.63, 3.8) is 0 Å². The topological polar surface area (TPSA) is 0 Å². The van der Waals surface area contributed by atoms with Crippen LogP contribution in [0.15, 0.2) is 92.7 Å². The van der Waals surface area contributed by atoms with Crippen molar-refractivity contribution in [2.24, 2.45) is 0 Å². The summed E-state index contributed by atoms with van der Waals surface area (Å²) in [5.74, 6) is 0. The third-order valence-electron chi connectivity index (χ3n) is 6.10. The summed E-state index contributed by atoms with van der Waals surface area (Å²) in [5.41, 5.74) is 2.85. The first-order valence-corrected chi connectivity index (χ1v) is 13.3. The molecule has 0 saturated heterocycles. The van der Waals surface area contributed by atoms with Gasteiger partial charge in [0.2, 0.25) is 0 Å².